The number of benzene rings is 1. The summed E-state index contributed by atoms with van der Waals surface area (Å²) in [5.74, 6) is 1.71. The van der Waals surface area contributed by atoms with Crippen molar-refractivity contribution in [2.75, 3.05) is 26.7 Å². The number of aliphatic imine (C=N–C) groups is 1. The van der Waals surface area contributed by atoms with Crippen LogP contribution < -0.4 is 5.32 Å². The van der Waals surface area contributed by atoms with Crippen LogP contribution in [-0.4, -0.2) is 47.3 Å². The van der Waals surface area contributed by atoms with Gasteiger partial charge in [-0.3, -0.25) is 9.67 Å². The Morgan fingerprint density at radius 2 is 2.04 bits per heavy atom. The second-order valence-corrected chi connectivity index (χ2v) is 7.04. The largest absolute Gasteiger partial charge is 0.356 e. The van der Waals surface area contributed by atoms with Crippen molar-refractivity contribution in [3.8, 4) is 0 Å². The van der Waals surface area contributed by atoms with Gasteiger partial charge in [-0.05, 0) is 43.2 Å². The van der Waals surface area contributed by atoms with Crippen LogP contribution in [0.2, 0.25) is 0 Å². The van der Waals surface area contributed by atoms with Crippen molar-refractivity contribution in [1.29, 1.82) is 0 Å². The molecule has 1 saturated heterocycles. The lowest BCUT2D eigenvalue weighted by Gasteiger charge is -2.21. The summed E-state index contributed by atoms with van der Waals surface area (Å²) in [6.45, 7) is 5.19. The monoisotopic (exact) mass is 467 g/mol. The first-order chi connectivity index (χ1) is 12.1. The summed E-state index contributed by atoms with van der Waals surface area (Å²) < 4.78 is 1.88. The number of hydrogen-bond acceptors (Lipinski definition) is 2. The van der Waals surface area contributed by atoms with E-state index in [-0.39, 0.29) is 24.0 Å². The van der Waals surface area contributed by atoms with Crippen molar-refractivity contribution in [2.24, 2.45) is 18.0 Å². The smallest absolute Gasteiger partial charge is 0.193 e. The standard InChI is InChI=1S/C20H29N5.HI/c1-16-4-6-17(7-5-16)8-10-22-20(21-2)25-11-9-18(15-25)12-19-13-23-24(3)14-19;/h4-7,13-14,18H,8-12,15H2,1-3H3,(H,21,22);1H. The molecule has 6 heteroatoms. The number of aryl methyl sites for hydroxylation is 2. The van der Waals surface area contributed by atoms with Crippen LogP contribution >= 0.6 is 24.0 Å². The molecular formula is C20H30IN5. The molecule has 0 saturated carbocycles. The van der Waals surface area contributed by atoms with Gasteiger partial charge in [0.1, 0.15) is 0 Å². The Labute approximate surface area is 173 Å². The van der Waals surface area contributed by atoms with Gasteiger partial charge in [-0.2, -0.15) is 5.10 Å². The maximum Gasteiger partial charge on any atom is 0.193 e. The third-order valence-electron chi connectivity index (χ3n) is 4.90. The number of guanidine groups is 1. The van der Waals surface area contributed by atoms with E-state index in [9.17, 15) is 0 Å². The van der Waals surface area contributed by atoms with Crippen LogP contribution in [0.3, 0.4) is 0 Å². The van der Waals surface area contributed by atoms with Crippen LogP contribution in [0.25, 0.3) is 0 Å². The molecular weight excluding hydrogens is 437 g/mol. The van der Waals surface area contributed by atoms with Crippen LogP contribution in [0.4, 0.5) is 0 Å². The zero-order valence-corrected chi connectivity index (χ0v) is 18.3. The predicted molar refractivity (Wildman–Crippen MR) is 118 cm³/mol. The van der Waals surface area contributed by atoms with E-state index >= 15 is 0 Å². The van der Waals surface area contributed by atoms with Crippen LogP contribution in [-0.2, 0) is 19.9 Å². The van der Waals surface area contributed by atoms with Crippen molar-refractivity contribution in [1.82, 2.24) is 20.0 Å². The molecule has 2 aromatic rings. The number of nitrogens with one attached hydrogen (secondary N) is 1. The lowest BCUT2D eigenvalue weighted by molar-refractivity contribution is 0.460. The Hall–Kier alpha value is -1.57. The van der Waals surface area contributed by atoms with Gasteiger partial charge in [-0.25, -0.2) is 0 Å². The minimum Gasteiger partial charge on any atom is -0.356 e. The van der Waals surface area contributed by atoms with E-state index in [1.807, 2.05) is 25.0 Å². The molecule has 1 aromatic heterocycles. The van der Waals surface area contributed by atoms with Crippen LogP contribution in [0, 0.1) is 12.8 Å². The molecule has 142 valence electrons. The Morgan fingerprint density at radius 1 is 1.27 bits per heavy atom. The lowest BCUT2D eigenvalue weighted by atomic mass is 10.0. The Balaban J connectivity index is 0.00000243. The molecule has 1 N–H and O–H groups in total. The zero-order chi connectivity index (χ0) is 17.6. The Morgan fingerprint density at radius 3 is 2.69 bits per heavy atom. The molecule has 1 fully saturated rings. The lowest BCUT2D eigenvalue weighted by Crippen LogP contribution is -2.41. The summed E-state index contributed by atoms with van der Waals surface area (Å²) in [5.41, 5.74) is 4.00. The third-order valence-corrected chi connectivity index (χ3v) is 4.90. The van der Waals surface area contributed by atoms with Gasteiger partial charge in [-0.15, -0.1) is 24.0 Å². The normalized spacial score (nSPS) is 17.3. The van der Waals surface area contributed by atoms with Crippen molar-refractivity contribution in [3.63, 3.8) is 0 Å². The first kappa shape index (κ1) is 20.7. The molecule has 0 aliphatic carbocycles. The Bertz CT molecular complexity index is 707. The Kier molecular flexibility index (Phi) is 7.93. The molecule has 1 aliphatic rings. The third kappa shape index (κ3) is 5.72. The first-order valence-corrected chi connectivity index (χ1v) is 9.12. The average molecular weight is 467 g/mol. The zero-order valence-electron chi connectivity index (χ0n) is 16.0. The van der Waals surface area contributed by atoms with E-state index in [2.05, 4.69) is 57.7 Å². The fourth-order valence-electron chi connectivity index (χ4n) is 3.51. The highest BCUT2D eigenvalue weighted by atomic mass is 127. The molecule has 0 spiro atoms. The number of rotatable bonds is 5. The average Bonchev–Trinajstić information content (AvgIpc) is 3.23. The number of hydrogen-bond donors (Lipinski definition) is 1. The van der Waals surface area contributed by atoms with Gasteiger partial charge >= 0.3 is 0 Å². The molecule has 0 bridgehead atoms. The van der Waals surface area contributed by atoms with Gasteiger partial charge in [0, 0.05) is 39.9 Å². The summed E-state index contributed by atoms with van der Waals surface area (Å²) in [5, 5.41) is 7.79. The van der Waals surface area contributed by atoms with Crippen molar-refractivity contribution in [2.45, 2.75) is 26.2 Å². The van der Waals surface area contributed by atoms with Gasteiger partial charge in [-0.1, -0.05) is 29.8 Å². The van der Waals surface area contributed by atoms with Crippen molar-refractivity contribution >= 4 is 29.9 Å². The summed E-state index contributed by atoms with van der Waals surface area (Å²) in [7, 11) is 3.85. The quantitative estimate of drug-likeness (QED) is 0.418. The number of aromatic nitrogens is 2. The SMILES string of the molecule is CN=C(NCCc1ccc(C)cc1)N1CCC(Cc2cnn(C)c2)C1.I. The van der Waals surface area contributed by atoms with Crippen molar-refractivity contribution in [3.05, 3.63) is 53.3 Å². The van der Waals surface area contributed by atoms with Crippen molar-refractivity contribution < 1.29 is 0 Å². The van der Waals surface area contributed by atoms with Crippen LogP contribution in [0.1, 0.15) is 23.1 Å². The minimum atomic E-state index is 0. The topological polar surface area (TPSA) is 45.5 Å². The van der Waals surface area contributed by atoms with Gasteiger partial charge in [0.25, 0.3) is 0 Å². The molecule has 1 aliphatic heterocycles. The van der Waals surface area contributed by atoms with E-state index in [0.717, 1.165) is 38.4 Å². The second-order valence-electron chi connectivity index (χ2n) is 7.04. The number of halogens is 1. The summed E-state index contributed by atoms with van der Waals surface area (Å²) in [6.07, 6.45) is 7.44. The van der Waals surface area contributed by atoms with E-state index in [1.165, 1.54) is 23.1 Å². The summed E-state index contributed by atoms with van der Waals surface area (Å²) >= 11 is 0. The highest BCUT2D eigenvalue weighted by Gasteiger charge is 2.25. The number of nitrogens with zero attached hydrogens (tertiary/aromatic N) is 4. The highest BCUT2D eigenvalue weighted by Crippen LogP contribution is 2.20. The maximum absolute atomic E-state index is 4.48. The molecule has 5 nitrogen and oxygen atoms in total. The number of likely N-dealkylation sites (tertiary alicyclic amines) is 1. The molecule has 1 atom stereocenters. The molecule has 2 heterocycles. The summed E-state index contributed by atoms with van der Waals surface area (Å²) in [6, 6.07) is 8.76. The maximum atomic E-state index is 4.48. The molecule has 0 amide bonds. The van der Waals surface area contributed by atoms with Gasteiger partial charge in [0.15, 0.2) is 5.96 Å². The highest BCUT2D eigenvalue weighted by molar-refractivity contribution is 14.0. The van der Waals surface area contributed by atoms with E-state index in [4.69, 9.17) is 0 Å². The van der Waals surface area contributed by atoms with E-state index < -0.39 is 0 Å². The van der Waals surface area contributed by atoms with Gasteiger partial charge in [0.2, 0.25) is 0 Å². The van der Waals surface area contributed by atoms with E-state index in [1.54, 1.807) is 0 Å². The second kappa shape index (κ2) is 9.94. The van der Waals surface area contributed by atoms with Gasteiger partial charge < -0.3 is 10.2 Å². The van der Waals surface area contributed by atoms with E-state index in [0.29, 0.717) is 5.92 Å². The fraction of sp³-hybridized carbons (Fsp3) is 0.500. The molecule has 26 heavy (non-hydrogen) atoms. The molecule has 0 radical (unpaired) electrons. The molecule has 3 rings (SSSR count). The summed E-state index contributed by atoms with van der Waals surface area (Å²) in [4.78, 5) is 6.86. The molecule has 1 unspecified atom stereocenters. The predicted octanol–water partition coefficient (Wildman–Crippen LogP) is 3.03. The van der Waals surface area contributed by atoms with Crippen LogP contribution in [0.5, 0.6) is 0 Å². The fourth-order valence-corrected chi connectivity index (χ4v) is 3.51. The minimum absolute atomic E-state index is 0. The molecule has 1 aromatic carbocycles. The van der Waals surface area contributed by atoms with Crippen LogP contribution in [0.15, 0.2) is 41.7 Å². The first-order valence-electron chi connectivity index (χ1n) is 9.12. The van der Waals surface area contributed by atoms with Gasteiger partial charge in [0.05, 0.1) is 6.20 Å².